The maximum absolute atomic E-state index is 11.8. The topological polar surface area (TPSA) is 72.3 Å². The van der Waals surface area contributed by atoms with Gasteiger partial charge in [0.25, 0.3) is 5.56 Å². The number of H-pyrrole nitrogens is 1. The summed E-state index contributed by atoms with van der Waals surface area (Å²) in [5, 5.41) is 10.4. The molecule has 0 unspecified atom stereocenters. The fraction of sp³-hybridized carbons (Fsp3) is 0.167. The quantitative estimate of drug-likeness (QED) is 0.681. The number of nitrogens with one attached hydrogen (secondary N) is 1. The Bertz CT molecular complexity index is 716. The Labute approximate surface area is 114 Å². The van der Waals surface area contributed by atoms with Crippen molar-refractivity contribution in [3.63, 3.8) is 0 Å². The highest BCUT2D eigenvalue weighted by Crippen LogP contribution is 2.09. The van der Waals surface area contributed by atoms with Crippen LogP contribution in [-0.4, -0.2) is 28.2 Å². The summed E-state index contributed by atoms with van der Waals surface area (Å²) in [7, 11) is 1.60. The van der Waals surface area contributed by atoms with Gasteiger partial charge in [-0.1, -0.05) is 0 Å². The van der Waals surface area contributed by atoms with Crippen molar-refractivity contribution in [2.45, 2.75) is 6.92 Å². The average molecular weight is 276 g/mol. The van der Waals surface area contributed by atoms with Gasteiger partial charge in [0.15, 0.2) is 0 Å². The molecule has 7 heteroatoms. The van der Waals surface area contributed by atoms with Gasteiger partial charge in [-0.05, 0) is 49.0 Å². The van der Waals surface area contributed by atoms with Crippen molar-refractivity contribution in [3.05, 3.63) is 50.6 Å². The zero-order chi connectivity index (χ0) is 13.8. The Kier molecular flexibility index (Phi) is 3.86. The summed E-state index contributed by atoms with van der Waals surface area (Å²) in [5.74, 6) is 0.756. The number of hydrogen-bond donors (Lipinski definition) is 1. The Hall–Kier alpha value is -2.28. The Morgan fingerprint density at radius 1 is 1.42 bits per heavy atom. The molecule has 1 aromatic heterocycles. The highest BCUT2D eigenvalue weighted by Gasteiger charge is 2.00. The van der Waals surface area contributed by atoms with Crippen LogP contribution in [0.15, 0.2) is 34.2 Å². The van der Waals surface area contributed by atoms with Gasteiger partial charge in [0.05, 0.1) is 13.3 Å². The third kappa shape index (κ3) is 2.94. The van der Waals surface area contributed by atoms with E-state index in [4.69, 9.17) is 17.0 Å². The standard InChI is InChI=1S/C12H12N4O2S/c1-8-11(17)16(12(19)15-14-8)13-7-9-3-5-10(18-2)6-4-9/h3-7H,1-2H3,(H,15,19)/b13-7-. The molecule has 0 saturated heterocycles. The summed E-state index contributed by atoms with van der Waals surface area (Å²) < 4.78 is 6.31. The fourth-order valence-electron chi connectivity index (χ4n) is 1.39. The van der Waals surface area contributed by atoms with E-state index in [2.05, 4.69) is 15.3 Å². The second-order valence-electron chi connectivity index (χ2n) is 3.75. The number of aromatic nitrogens is 3. The number of aryl methyl sites for hydroxylation is 1. The fourth-order valence-corrected chi connectivity index (χ4v) is 1.57. The van der Waals surface area contributed by atoms with E-state index in [0.29, 0.717) is 5.69 Å². The largest absolute Gasteiger partial charge is 0.497 e. The number of ether oxygens (including phenoxy) is 1. The highest BCUT2D eigenvalue weighted by molar-refractivity contribution is 7.71. The molecule has 98 valence electrons. The summed E-state index contributed by atoms with van der Waals surface area (Å²) in [6.45, 7) is 1.59. The lowest BCUT2D eigenvalue weighted by molar-refractivity contribution is 0.415. The number of hydrogen-bond acceptors (Lipinski definition) is 5. The first kappa shape index (κ1) is 13.2. The molecule has 0 saturated carbocycles. The molecule has 0 aliphatic heterocycles. The molecule has 0 aliphatic rings. The smallest absolute Gasteiger partial charge is 0.296 e. The van der Waals surface area contributed by atoms with Crippen LogP contribution in [-0.2, 0) is 0 Å². The molecule has 2 rings (SSSR count). The van der Waals surface area contributed by atoms with Gasteiger partial charge in [-0.3, -0.25) is 9.89 Å². The van der Waals surface area contributed by atoms with Crippen LogP contribution in [0, 0.1) is 11.7 Å². The normalized spacial score (nSPS) is 10.8. The molecular weight excluding hydrogens is 264 g/mol. The van der Waals surface area contributed by atoms with Crippen LogP contribution >= 0.6 is 12.2 Å². The minimum atomic E-state index is -0.339. The molecular formula is C12H12N4O2S. The van der Waals surface area contributed by atoms with E-state index in [9.17, 15) is 4.79 Å². The van der Waals surface area contributed by atoms with Crippen molar-refractivity contribution in [1.29, 1.82) is 0 Å². The number of methoxy groups -OCH3 is 1. The molecule has 0 aliphatic carbocycles. The van der Waals surface area contributed by atoms with Crippen LogP contribution in [0.1, 0.15) is 11.3 Å². The highest BCUT2D eigenvalue weighted by atomic mass is 32.1. The third-order valence-electron chi connectivity index (χ3n) is 2.45. The van der Waals surface area contributed by atoms with Gasteiger partial charge in [-0.2, -0.15) is 14.9 Å². The van der Waals surface area contributed by atoms with Crippen molar-refractivity contribution in [2.75, 3.05) is 7.11 Å². The van der Waals surface area contributed by atoms with E-state index in [1.165, 1.54) is 0 Å². The minimum Gasteiger partial charge on any atom is -0.497 e. The van der Waals surface area contributed by atoms with Gasteiger partial charge in [0.2, 0.25) is 4.77 Å². The van der Waals surface area contributed by atoms with E-state index >= 15 is 0 Å². The predicted octanol–water partition coefficient (Wildman–Crippen LogP) is 1.50. The molecule has 1 N–H and O–H groups in total. The van der Waals surface area contributed by atoms with Gasteiger partial charge >= 0.3 is 0 Å². The van der Waals surface area contributed by atoms with Gasteiger partial charge in [-0.25, -0.2) is 0 Å². The minimum absolute atomic E-state index is 0.153. The SMILES string of the molecule is COc1ccc(/C=N\n2c(=S)[nH]nc(C)c2=O)cc1. The first-order chi connectivity index (χ1) is 9.11. The molecule has 6 nitrogen and oxygen atoms in total. The second-order valence-corrected chi connectivity index (χ2v) is 4.14. The summed E-state index contributed by atoms with van der Waals surface area (Å²) in [4.78, 5) is 11.8. The predicted molar refractivity (Wildman–Crippen MR) is 74.4 cm³/mol. The molecule has 19 heavy (non-hydrogen) atoms. The maximum Gasteiger partial charge on any atom is 0.296 e. The zero-order valence-corrected chi connectivity index (χ0v) is 11.3. The van der Waals surface area contributed by atoms with Crippen molar-refractivity contribution >= 4 is 18.4 Å². The molecule has 0 bridgehead atoms. The molecule has 0 spiro atoms. The number of rotatable bonds is 3. The maximum atomic E-state index is 11.8. The molecule has 0 fully saturated rings. The Balaban J connectivity index is 2.35. The van der Waals surface area contributed by atoms with Crippen molar-refractivity contribution in [1.82, 2.24) is 14.9 Å². The first-order valence-corrected chi connectivity index (χ1v) is 5.89. The van der Waals surface area contributed by atoms with Gasteiger partial charge in [-0.15, -0.1) is 0 Å². The lowest BCUT2D eigenvalue weighted by Crippen LogP contribution is -2.22. The van der Waals surface area contributed by atoms with E-state index in [0.717, 1.165) is 16.0 Å². The average Bonchev–Trinajstić information content (AvgIpc) is 2.44. The number of benzene rings is 1. The molecule has 1 aromatic carbocycles. The molecule has 2 aromatic rings. The monoisotopic (exact) mass is 276 g/mol. The van der Waals surface area contributed by atoms with E-state index in [1.54, 1.807) is 20.2 Å². The van der Waals surface area contributed by atoms with E-state index in [-0.39, 0.29) is 10.3 Å². The first-order valence-electron chi connectivity index (χ1n) is 5.48. The lowest BCUT2D eigenvalue weighted by Gasteiger charge is -2.00. The summed E-state index contributed by atoms with van der Waals surface area (Å²) in [6.07, 6.45) is 1.55. The third-order valence-corrected chi connectivity index (χ3v) is 2.72. The molecule has 0 amide bonds. The second kappa shape index (κ2) is 5.57. The van der Waals surface area contributed by atoms with E-state index < -0.39 is 0 Å². The number of aromatic amines is 1. The van der Waals surface area contributed by atoms with Crippen LogP contribution in [0.3, 0.4) is 0 Å². The van der Waals surface area contributed by atoms with Gasteiger partial charge in [0.1, 0.15) is 11.4 Å². The lowest BCUT2D eigenvalue weighted by atomic mass is 10.2. The summed E-state index contributed by atoms with van der Waals surface area (Å²) in [6, 6.07) is 7.27. The molecule has 1 heterocycles. The molecule has 0 atom stereocenters. The van der Waals surface area contributed by atoms with Crippen LogP contribution < -0.4 is 10.3 Å². The Morgan fingerprint density at radius 2 is 2.11 bits per heavy atom. The zero-order valence-electron chi connectivity index (χ0n) is 10.5. The van der Waals surface area contributed by atoms with Crippen molar-refractivity contribution < 1.29 is 4.74 Å². The molecule has 0 radical (unpaired) electrons. The Morgan fingerprint density at radius 3 is 2.74 bits per heavy atom. The van der Waals surface area contributed by atoms with Crippen LogP contribution in [0.5, 0.6) is 5.75 Å². The summed E-state index contributed by atoms with van der Waals surface area (Å²) >= 11 is 4.97. The van der Waals surface area contributed by atoms with Crippen LogP contribution in [0.25, 0.3) is 0 Å². The van der Waals surface area contributed by atoms with Gasteiger partial charge in [0, 0.05) is 0 Å². The number of nitrogens with zero attached hydrogens (tertiary/aromatic N) is 3. The van der Waals surface area contributed by atoms with E-state index in [1.807, 2.05) is 24.3 Å². The van der Waals surface area contributed by atoms with Crippen LogP contribution in [0.2, 0.25) is 0 Å². The summed E-state index contributed by atoms with van der Waals surface area (Å²) in [5.41, 5.74) is 0.797. The van der Waals surface area contributed by atoms with Crippen molar-refractivity contribution in [3.8, 4) is 5.75 Å². The van der Waals surface area contributed by atoms with Gasteiger partial charge < -0.3 is 4.74 Å². The van der Waals surface area contributed by atoms with Crippen LogP contribution in [0.4, 0.5) is 0 Å². The van der Waals surface area contributed by atoms with Crippen molar-refractivity contribution in [2.24, 2.45) is 5.10 Å².